The van der Waals surface area contributed by atoms with Crippen molar-refractivity contribution in [1.29, 1.82) is 0 Å². The van der Waals surface area contributed by atoms with Gasteiger partial charge in [-0.25, -0.2) is 4.98 Å². The molecule has 2 rings (SSSR count). The molecular weight excluding hydrogens is 174 g/mol. The van der Waals surface area contributed by atoms with Crippen LogP contribution in [0.15, 0.2) is 12.4 Å². The zero-order valence-electron chi connectivity index (χ0n) is 8.87. The summed E-state index contributed by atoms with van der Waals surface area (Å²) >= 11 is 0. The van der Waals surface area contributed by atoms with Crippen molar-refractivity contribution < 1.29 is 0 Å². The minimum absolute atomic E-state index is 0.897. The zero-order chi connectivity index (χ0) is 9.80. The van der Waals surface area contributed by atoms with Crippen molar-refractivity contribution in [3.05, 3.63) is 18.2 Å². The third kappa shape index (κ3) is 2.84. The molecule has 0 unspecified atom stereocenters. The van der Waals surface area contributed by atoms with Crippen molar-refractivity contribution in [2.45, 2.75) is 32.2 Å². The largest absolute Gasteiger partial charge is 0.337 e. The topological polar surface area (TPSA) is 29.9 Å². The maximum atomic E-state index is 4.26. The lowest BCUT2D eigenvalue weighted by Crippen LogP contribution is -2.17. The number of aryl methyl sites for hydroxylation is 1. The molecule has 1 aliphatic rings. The smallest absolute Gasteiger partial charge is 0.122 e. The molecule has 1 saturated carbocycles. The molecule has 0 aliphatic heterocycles. The van der Waals surface area contributed by atoms with E-state index in [0.717, 1.165) is 24.8 Å². The predicted molar refractivity (Wildman–Crippen MR) is 56.9 cm³/mol. The molecule has 0 atom stereocenters. The van der Waals surface area contributed by atoms with Crippen LogP contribution < -0.4 is 5.32 Å². The molecule has 0 saturated heterocycles. The van der Waals surface area contributed by atoms with Crippen molar-refractivity contribution in [2.75, 3.05) is 6.54 Å². The monoisotopic (exact) mass is 193 g/mol. The minimum Gasteiger partial charge on any atom is -0.337 e. The molecule has 1 N–H and O–H groups in total. The van der Waals surface area contributed by atoms with Gasteiger partial charge in [0, 0.05) is 19.4 Å². The molecule has 1 aliphatic carbocycles. The number of imidazole rings is 1. The van der Waals surface area contributed by atoms with E-state index in [1.165, 1.54) is 25.7 Å². The fourth-order valence-corrected chi connectivity index (χ4v) is 1.69. The van der Waals surface area contributed by atoms with E-state index in [1.807, 2.05) is 19.4 Å². The Morgan fingerprint density at radius 3 is 3.07 bits per heavy atom. The number of nitrogens with one attached hydrogen (secondary N) is 1. The van der Waals surface area contributed by atoms with Gasteiger partial charge in [-0.3, -0.25) is 0 Å². The highest BCUT2D eigenvalue weighted by molar-refractivity contribution is 4.90. The highest BCUT2D eigenvalue weighted by Gasteiger charge is 2.19. The van der Waals surface area contributed by atoms with Crippen molar-refractivity contribution in [3.63, 3.8) is 0 Å². The van der Waals surface area contributed by atoms with E-state index in [4.69, 9.17) is 0 Å². The average molecular weight is 193 g/mol. The Bertz CT molecular complexity index is 276. The van der Waals surface area contributed by atoms with Crippen molar-refractivity contribution in [1.82, 2.24) is 14.9 Å². The average Bonchev–Trinajstić information content (AvgIpc) is 2.91. The first-order chi connectivity index (χ1) is 6.86. The molecule has 1 heterocycles. The molecule has 1 fully saturated rings. The quantitative estimate of drug-likeness (QED) is 0.697. The Morgan fingerprint density at radius 2 is 2.43 bits per heavy atom. The van der Waals surface area contributed by atoms with Crippen LogP contribution in [-0.4, -0.2) is 16.1 Å². The summed E-state index contributed by atoms with van der Waals surface area (Å²) in [6.45, 7) is 2.03. The lowest BCUT2D eigenvalue weighted by molar-refractivity contribution is 0.575. The van der Waals surface area contributed by atoms with E-state index in [1.54, 1.807) is 0 Å². The Morgan fingerprint density at radius 1 is 1.57 bits per heavy atom. The van der Waals surface area contributed by atoms with Crippen LogP contribution in [0.25, 0.3) is 0 Å². The third-order valence-electron chi connectivity index (χ3n) is 2.87. The summed E-state index contributed by atoms with van der Waals surface area (Å²) < 4.78 is 2.06. The standard InChI is InChI=1S/C11H19N3/c1-14-8-7-13-11(14)9-12-6-2-3-10-4-5-10/h7-8,10,12H,2-6,9H2,1H3. The lowest BCUT2D eigenvalue weighted by Gasteiger charge is -2.04. The molecule has 14 heavy (non-hydrogen) atoms. The number of hydrogen-bond acceptors (Lipinski definition) is 2. The van der Waals surface area contributed by atoms with Crippen molar-refractivity contribution >= 4 is 0 Å². The van der Waals surface area contributed by atoms with Gasteiger partial charge >= 0.3 is 0 Å². The van der Waals surface area contributed by atoms with Crippen LogP contribution in [0.4, 0.5) is 0 Å². The van der Waals surface area contributed by atoms with Crippen LogP contribution in [0.5, 0.6) is 0 Å². The maximum Gasteiger partial charge on any atom is 0.122 e. The molecule has 0 bridgehead atoms. The highest BCUT2D eigenvalue weighted by Crippen LogP contribution is 2.33. The van der Waals surface area contributed by atoms with Crippen LogP contribution in [0.2, 0.25) is 0 Å². The second kappa shape index (κ2) is 4.60. The number of rotatable bonds is 6. The zero-order valence-corrected chi connectivity index (χ0v) is 8.87. The molecule has 0 aromatic carbocycles. The summed E-state index contributed by atoms with van der Waals surface area (Å²) in [4.78, 5) is 4.26. The van der Waals surface area contributed by atoms with Gasteiger partial charge in [-0.15, -0.1) is 0 Å². The highest BCUT2D eigenvalue weighted by atomic mass is 15.1. The van der Waals surface area contributed by atoms with Gasteiger partial charge in [0.05, 0.1) is 6.54 Å². The Balaban J connectivity index is 1.56. The second-order valence-corrected chi connectivity index (χ2v) is 4.22. The van der Waals surface area contributed by atoms with Gasteiger partial charge in [0.2, 0.25) is 0 Å². The van der Waals surface area contributed by atoms with Crippen molar-refractivity contribution in [2.24, 2.45) is 13.0 Å². The molecule has 1 aromatic rings. The van der Waals surface area contributed by atoms with Gasteiger partial charge in [-0.2, -0.15) is 0 Å². The molecule has 3 nitrogen and oxygen atoms in total. The van der Waals surface area contributed by atoms with Gasteiger partial charge in [0.25, 0.3) is 0 Å². The predicted octanol–water partition coefficient (Wildman–Crippen LogP) is 1.70. The van der Waals surface area contributed by atoms with Crippen LogP contribution in [0.3, 0.4) is 0 Å². The SMILES string of the molecule is Cn1ccnc1CNCCCC1CC1. The summed E-state index contributed by atoms with van der Waals surface area (Å²) in [7, 11) is 2.04. The molecule has 1 aromatic heterocycles. The summed E-state index contributed by atoms with van der Waals surface area (Å²) in [5, 5.41) is 3.43. The first-order valence-corrected chi connectivity index (χ1v) is 5.53. The molecule has 78 valence electrons. The van der Waals surface area contributed by atoms with Gasteiger partial charge in [-0.05, 0) is 25.3 Å². The first kappa shape index (κ1) is 9.71. The third-order valence-corrected chi connectivity index (χ3v) is 2.87. The van der Waals surface area contributed by atoms with E-state index in [0.29, 0.717) is 0 Å². The van der Waals surface area contributed by atoms with E-state index in [2.05, 4.69) is 14.9 Å². The molecule has 0 radical (unpaired) electrons. The number of aromatic nitrogens is 2. The van der Waals surface area contributed by atoms with E-state index < -0.39 is 0 Å². The fraction of sp³-hybridized carbons (Fsp3) is 0.727. The Kier molecular flexibility index (Phi) is 3.19. The maximum absolute atomic E-state index is 4.26. The Hall–Kier alpha value is -0.830. The lowest BCUT2D eigenvalue weighted by atomic mass is 10.2. The molecular formula is C11H19N3. The molecule has 0 spiro atoms. The van der Waals surface area contributed by atoms with Crippen LogP contribution in [-0.2, 0) is 13.6 Å². The molecule has 3 heteroatoms. The van der Waals surface area contributed by atoms with Crippen LogP contribution in [0, 0.1) is 5.92 Å². The van der Waals surface area contributed by atoms with Crippen molar-refractivity contribution in [3.8, 4) is 0 Å². The number of hydrogen-bond donors (Lipinski definition) is 1. The number of nitrogens with zero attached hydrogens (tertiary/aromatic N) is 2. The summed E-state index contributed by atoms with van der Waals surface area (Å²) in [6, 6.07) is 0. The second-order valence-electron chi connectivity index (χ2n) is 4.22. The van der Waals surface area contributed by atoms with Gasteiger partial charge in [0.1, 0.15) is 5.82 Å². The van der Waals surface area contributed by atoms with E-state index >= 15 is 0 Å². The first-order valence-electron chi connectivity index (χ1n) is 5.53. The van der Waals surface area contributed by atoms with Gasteiger partial charge in [0.15, 0.2) is 0 Å². The summed E-state index contributed by atoms with van der Waals surface area (Å²) in [5.41, 5.74) is 0. The fourth-order valence-electron chi connectivity index (χ4n) is 1.69. The van der Waals surface area contributed by atoms with E-state index in [9.17, 15) is 0 Å². The van der Waals surface area contributed by atoms with Crippen LogP contribution >= 0.6 is 0 Å². The van der Waals surface area contributed by atoms with E-state index in [-0.39, 0.29) is 0 Å². The van der Waals surface area contributed by atoms with Gasteiger partial charge in [-0.1, -0.05) is 12.8 Å². The Labute approximate surface area is 85.5 Å². The summed E-state index contributed by atoms with van der Waals surface area (Å²) in [5.74, 6) is 2.18. The molecule has 0 amide bonds. The van der Waals surface area contributed by atoms with Crippen LogP contribution in [0.1, 0.15) is 31.5 Å². The minimum atomic E-state index is 0.897. The van der Waals surface area contributed by atoms with Gasteiger partial charge < -0.3 is 9.88 Å². The summed E-state index contributed by atoms with van der Waals surface area (Å²) in [6.07, 6.45) is 9.50. The normalized spacial score (nSPS) is 16.1.